The van der Waals surface area contributed by atoms with Crippen molar-refractivity contribution in [1.82, 2.24) is 10.3 Å². The molecule has 0 fully saturated rings. The molecular formula is C3H4N4O. The van der Waals surface area contributed by atoms with Crippen molar-refractivity contribution < 1.29 is 4.63 Å². The summed E-state index contributed by atoms with van der Waals surface area (Å²) in [6, 6.07) is 0. The first-order valence-corrected chi connectivity index (χ1v) is 1.89. The molecule has 0 amide bonds. The number of nitrogen functional groups attached to an aromatic ring is 1. The van der Waals surface area contributed by atoms with Crippen molar-refractivity contribution in [1.29, 1.82) is 0 Å². The first kappa shape index (κ1) is 4.76. The lowest BCUT2D eigenvalue weighted by Crippen LogP contribution is -1.82. The summed E-state index contributed by atoms with van der Waals surface area (Å²) in [6.45, 7) is 3.17. The van der Waals surface area contributed by atoms with Gasteiger partial charge in [-0.15, -0.1) is 0 Å². The van der Waals surface area contributed by atoms with Gasteiger partial charge in [0, 0.05) is 0 Å². The molecular weight excluding hydrogens is 108 g/mol. The average Bonchev–Trinajstić information content (AvgIpc) is 2.14. The van der Waals surface area contributed by atoms with Gasteiger partial charge in [-0.1, -0.05) is 0 Å². The number of rotatable bonds is 1. The second-order valence-electron chi connectivity index (χ2n) is 1.13. The molecule has 8 heavy (non-hydrogen) atoms. The lowest BCUT2D eigenvalue weighted by Gasteiger charge is -1.75. The Hall–Kier alpha value is -1.39. The van der Waals surface area contributed by atoms with Crippen LogP contribution in [0.15, 0.2) is 9.62 Å². The largest absolute Gasteiger partial charge is 0.378 e. The van der Waals surface area contributed by atoms with E-state index in [1.165, 1.54) is 0 Å². The van der Waals surface area contributed by atoms with E-state index < -0.39 is 0 Å². The van der Waals surface area contributed by atoms with Gasteiger partial charge in [0.2, 0.25) is 11.6 Å². The van der Waals surface area contributed by atoms with Gasteiger partial charge < -0.3 is 5.73 Å². The van der Waals surface area contributed by atoms with Gasteiger partial charge in [-0.05, 0) is 17.0 Å². The Morgan fingerprint density at radius 3 is 2.62 bits per heavy atom. The molecule has 1 aromatic heterocycles. The molecule has 5 nitrogen and oxygen atoms in total. The summed E-state index contributed by atoms with van der Waals surface area (Å²) < 4.78 is 4.18. The van der Waals surface area contributed by atoms with Gasteiger partial charge in [0.05, 0.1) is 0 Å². The number of aliphatic imine (C=N–C) groups is 1. The standard InChI is InChI=1S/C3H4N4O/c1-5-3-2(4)6-8-7-3/h1H2,(H2,4,6). The first-order chi connectivity index (χ1) is 3.84. The van der Waals surface area contributed by atoms with E-state index in [4.69, 9.17) is 5.73 Å². The van der Waals surface area contributed by atoms with Gasteiger partial charge in [0.15, 0.2) is 0 Å². The van der Waals surface area contributed by atoms with Crippen molar-refractivity contribution in [3.8, 4) is 0 Å². The highest BCUT2D eigenvalue weighted by Crippen LogP contribution is 2.12. The van der Waals surface area contributed by atoms with Crippen LogP contribution in [0, 0.1) is 0 Å². The summed E-state index contributed by atoms with van der Waals surface area (Å²) in [5, 5.41) is 6.54. The summed E-state index contributed by atoms with van der Waals surface area (Å²) >= 11 is 0. The van der Waals surface area contributed by atoms with Crippen molar-refractivity contribution >= 4 is 18.4 Å². The van der Waals surface area contributed by atoms with E-state index in [1.54, 1.807) is 0 Å². The fraction of sp³-hybridized carbons (Fsp3) is 0. The van der Waals surface area contributed by atoms with E-state index in [-0.39, 0.29) is 11.6 Å². The summed E-state index contributed by atoms with van der Waals surface area (Å²) in [5.41, 5.74) is 5.15. The third kappa shape index (κ3) is 0.534. The Labute approximate surface area is 45.2 Å². The minimum Gasteiger partial charge on any atom is -0.378 e. The lowest BCUT2D eigenvalue weighted by molar-refractivity contribution is 0.310. The Morgan fingerprint density at radius 1 is 1.62 bits per heavy atom. The van der Waals surface area contributed by atoms with E-state index >= 15 is 0 Å². The third-order valence-electron chi connectivity index (χ3n) is 0.645. The maximum atomic E-state index is 5.15. The van der Waals surface area contributed by atoms with E-state index in [2.05, 4.69) is 26.7 Å². The average molecular weight is 112 g/mol. The SMILES string of the molecule is C=Nc1nonc1N. The van der Waals surface area contributed by atoms with E-state index in [9.17, 15) is 0 Å². The van der Waals surface area contributed by atoms with Crippen LogP contribution >= 0.6 is 0 Å². The van der Waals surface area contributed by atoms with Crippen LogP contribution in [-0.4, -0.2) is 17.0 Å². The summed E-state index contributed by atoms with van der Waals surface area (Å²) in [4.78, 5) is 3.39. The van der Waals surface area contributed by atoms with Gasteiger partial charge in [-0.2, -0.15) is 0 Å². The fourth-order valence-corrected chi connectivity index (χ4v) is 0.301. The van der Waals surface area contributed by atoms with E-state index in [1.807, 2.05) is 0 Å². The van der Waals surface area contributed by atoms with Crippen LogP contribution in [0.5, 0.6) is 0 Å². The Bertz CT molecular complexity index is 193. The molecule has 2 N–H and O–H groups in total. The molecule has 0 saturated carbocycles. The van der Waals surface area contributed by atoms with Crippen LogP contribution in [0.1, 0.15) is 0 Å². The number of hydrogen-bond acceptors (Lipinski definition) is 5. The second kappa shape index (κ2) is 1.61. The van der Waals surface area contributed by atoms with Gasteiger partial charge in [0.1, 0.15) is 0 Å². The minimum atomic E-state index is 0.167. The molecule has 42 valence electrons. The second-order valence-corrected chi connectivity index (χ2v) is 1.13. The summed E-state index contributed by atoms with van der Waals surface area (Å²) in [6.07, 6.45) is 0. The third-order valence-corrected chi connectivity index (χ3v) is 0.645. The molecule has 0 bridgehead atoms. The Balaban J connectivity index is 3.09. The molecule has 0 atom stereocenters. The number of nitrogens with two attached hydrogens (primary N) is 1. The molecule has 0 unspecified atom stereocenters. The predicted molar refractivity (Wildman–Crippen MR) is 27.9 cm³/mol. The maximum absolute atomic E-state index is 5.15. The number of nitrogens with zero attached hydrogens (tertiary/aromatic N) is 3. The monoisotopic (exact) mass is 112 g/mol. The van der Waals surface area contributed by atoms with Gasteiger partial charge >= 0.3 is 0 Å². The van der Waals surface area contributed by atoms with Crippen LogP contribution in [0.25, 0.3) is 0 Å². The van der Waals surface area contributed by atoms with Crippen molar-refractivity contribution in [3.05, 3.63) is 0 Å². The number of anilines is 1. The van der Waals surface area contributed by atoms with Gasteiger partial charge in [0.25, 0.3) is 0 Å². The highest BCUT2D eigenvalue weighted by molar-refractivity contribution is 5.53. The van der Waals surface area contributed by atoms with Crippen LogP contribution in [0.3, 0.4) is 0 Å². The highest BCUT2D eigenvalue weighted by atomic mass is 16.6. The van der Waals surface area contributed by atoms with Gasteiger partial charge in [-0.3, -0.25) is 0 Å². The van der Waals surface area contributed by atoms with E-state index in [0.29, 0.717) is 0 Å². The normalized spacial score (nSPS) is 9.00. The lowest BCUT2D eigenvalue weighted by atomic mass is 10.7. The molecule has 0 aromatic carbocycles. The maximum Gasteiger partial charge on any atom is 0.240 e. The first-order valence-electron chi connectivity index (χ1n) is 1.89. The van der Waals surface area contributed by atoms with Crippen LogP contribution in [0.2, 0.25) is 0 Å². The van der Waals surface area contributed by atoms with Crippen LogP contribution in [-0.2, 0) is 0 Å². The quantitative estimate of drug-likeness (QED) is 0.518. The zero-order valence-corrected chi connectivity index (χ0v) is 4.03. The molecule has 1 aromatic rings. The molecule has 0 aliphatic rings. The topological polar surface area (TPSA) is 77.3 Å². The predicted octanol–water partition coefficient (Wildman–Crippen LogP) is -0.0161. The van der Waals surface area contributed by atoms with Crippen molar-refractivity contribution in [2.24, 2.45) is 4.99 Å². The smallest absolute Gasteiger partial charge is 0.240 e. The fourth-order valence-electron chi connectivity index (χ4n) is 0.301. The number of aromatic nitrogens is 2. The Kier molecular flexibility index (Phi) is 0.957. The zero-order chi connectivity index (χ0) is 5.98. The van der Waals surface area contributed by atoms with E-state index in [0.717, 1.165) is 0 Å². The zero-order valence-electron chi connectivity index (χ0n) is 4.03. The van der Waals surface area contributed by atoms with Crippen molar-refractivity contribution in [3.63, 3.8) is 0 Å². The molecule has 1 heterocycles. The summed E-state index contributed by atoms with van der Waals surface area (Å²) in [5.74, 6) is 0.407. The molecule has 0 aliphatic heterocycles. The molecule has 0 spiro atoms. The number of hydrogen-bond donors (Lipinski definition) is 1. The molecule has 0 aliphatic carbocycles. The molecule has 1 rings (SSSR count). The summed E-state index contributed by atoms with van der Waals surface area (Å²) in [7, 11) is 0. The minimum absolute atomic E-state index is 0.167. The van der Waals surface area contributed by atoms with Crippen LogP contribution < -0.4 is 5.73 Å². The van der Waals surface area contributed by atoms with Crippen molar-refractivity contribution in [2.45, 2.75) is 0 Å². The van der Waals surface area contributed by atoms with Gasteiger partial charge in [-0.25, -0.2) is 9.62 Å². The molecule has 0 saturated heterocycles. The molecule has 0 radical (unpaired) electrons. The Morgan fingerprint density at radius 2 is 2.38 bits per heavy atom. The highest BCUT2D eigenvalue weighted by Gasteiger charge is 1.99. The molecule has 5 heteroatoms. The van der Waals surface area contributed by atoms with Crippen LogP contribution in [0.4, 0.5) is 11.6 Å². The van der Waals surface area contributed by atoms with Crippen molar-refractivity contribution in [2.75, 3.05) is 5.73 Å².